The topological polar surface area (TPSA) is 16.4 Å². The van der Waals surface area contributed by atoms with E-state index < -0.39 is 5.41 Å². The first-order valence-electron chi connectivity index (χ1n) is 25.6. The third kappa shape index (κ3) is 6.13. The average molecular weight is 920 g/mol. The van der Waals surface area contributed by atoms with Gasteiger partial charge in [-0.25, -0.2) is 0 Å². The first-order chi connectivity index (χ1) is 34.0. The molecular weight excluding hydrogens is 859 g/mol. The molecule has 0 unspecified atom stereocenters. The standard InChI is InChI=1S/C69H61NO/c1-65(2,3)44-36-55-54-40-53-52-38-46(33-35-57(52)68(9,10)61(53)41-63(54)71-64(55)62(37-44)66(4,5)6)70(47-32-34-51-48-22-14-17-25-56(48)67(7,8)60(51)39-47)45-30-28-43(29-31-45)69(42-20-12-11-13-21-42)58-26-18-15-23-49(58)50-24-16-19-27-59(50)69/h11-41H,1-10H3. The van der Waals surface area contributed by atoms with Gasteiger partial charge in [0.25, 0.3) is 0 Å². The molecule has 348 valence electrons. The van der Waals surface area contributed by atoms with E-state index in [-0.39, 0.29) is 21.7 Å². The summed E-state index contributed by atoms with van der Waals surface area (Å²) in [5.74, 6) is 0. The van der Waals surface area contributed by atoms with Gasteiger partial charge < -0.3 is 9.32 Å². The lowest BCUT2D eigenvalue weighted by atomic mass is 9.68. The van der Waals surface area contributed by atoms with E-state index in [2.05, 4.69) is 262 Å². The molecule has 13 rings (SSSR count). The molecule has 3 aliphatic carbocycles. The second-order valence-electron chi connectivity index (χ2n) is 23.7. The molecule has 0 amide bonds. The summed E-state index contributed by atoms with van der Waals surface area (Å²) in [6, 6.07) is 71.5. The van der Waals surface area contributed by atoms with E-state index in [9.17, 15) is 0 Å². The molecular formula is C69H61NO. The van der Waals surface area contributed by atoms with Crippen LogP contribution in [0.25, 0.3) is 55.3 Å². The zero-order valence-electron chi connectivity index (χ0n) is 42.8. The Kier molecular flexibility index (Phi) is 9.09. The molecule has 9 aromatic carbocycles. The van der Waals surface area contributed by atoms with Crippen molar-refractivity contribution in [1.82, 2.24) is 0 Å². The number of hydrogen-bond acceptors (Lipinski definition) is 2. The minimum absolute atomic E-state index is 0.0105. The van der Waals surface area contributed by atoms with Crippen LogP contribution in [0.1, 0.15) is 125 Å². The number of furan rings is 1. The predicted octanol–water partition coefficient (Wildman–Crippen LogP) is 18.6. The van der Waals surface area contributed by atoms with Gasteiger partial charge in [-0.2, -0.15) is 0 Å². The molecule has 0 radical (unpaired) electrons. The number of hydrogen-bond donors (Lipinski definition) is 0. The summed E-state index contributed by atoms with van der Waals surface area (Å²) in [4.78, 5) is 2.50. The van der Waals surface area contributed by atoms with E-state index in [0.29, 0.717) is 0 Å². The predicted molar refractivity (Wildman–Crippen MR) is 298 cm³/mol. The van der Waals surface area contributed by atoms with Crippen LogP contribution in [0.5, 0.6) is 0 Å². The highest BCUT2D eigenvalue weighted by atomic mass is 16.3. The quantitative estimate of drug-likeness (QED) is 0.171. The molecule has 0 aliphatic heterocycles. The van der Waals surface area contributed by atoms with Crippen LogP contribution in [0.15, 0.2) is 192 Å². The van der Waals surface area contributed by atoms with Crippen LogP contribution in [0.4, 0.5) is 17.1 Å². The van der Waals surface area contributed by atoms with Crippen molar-refractivity contribution < 1.29 is 4.42 Å². The third-order valence-electron chi connectivity index (χ3n) is 16.8. The molecule has 0 bridgehead atoms. The maximum atomic E-state index is 6.96. The Hall–Kier alpha value is -7.42. The van der Waals surface area contributed by atoms with Gasteiger partial charge in [0.2, 0.25) is 0 Å². The summed E-state index contributed by atoms with van der Waals surface area (Å²) in [7, 11) is 0. The minimum Gasteiger partial charge on any atom is -0.456 e. The zero-order chi connectivity index (χ0) is 49.0. The molecule has 0 fully saturated rings. The summed E-state index contributed by atoms with van der Waals surface area (Å²) < 4.78 is 6.96. The van der Waals surface area contributed by atoms with Gasteiger partial charge >= 0.3 is 0 Å². The summed E-state index contributed by atoms with van der Waals surface area (Å²) >= 11 is 0. The highest BCUT2D eigenvalue weighted by Gasteiger charge is 2.46. The number of nitrogens with zero attached hydrogens (tertiary/aromatic N) is 1. The van der Waals surface area contributed by atoms with Crippen molar-refractivity contribution in [3.8, 4) is 33.4 Å². The lowest BCUT2D eigenvalue weighted by Gasteiger charge is -2.34. The van der Waals surface area contributed by atoms with E-state index in [0.717, 1.165) is 28.2 Å². The molecule has 2 nitrogen and oxygen atoms in total. The summed E-state index contributed by atoms with van der Waals surface area (Å²) in [6.07, 6.45) is 0. The Labute approximate surface area is 419 Å². The maximum Gasteiger partial charge on any atom is 0.139 e. The van der Waals surface area contributed by atoms with Crippen molar-refractivity contribution in [2.75, 3.05) is 4.90 Å². The van der Waals surface area contributed by atoms with Gasteiger partial charge in [-0.1, -0.05) is 203 Å². The van der Waals surface area contributed by atoms with Crippen molar-refractivity contribution >= 4 is 39.0 Å². The molecule has 0 spiro atoms. The van der Waals surface area contributed by atoms with Gasteiger partial charge in [0, 0.05) is 44.2 Å². The Balaban J connectivity index is 1.02. The zero-order valence-corrected chi connectivity index (χ0v) is 42.8. The fourth-order valence-electron chi connectivity index (χ4n) is 13.1. The van der Waals surface area contributed by atoms with Crippen molar-refractivity contribution in [1.29, 1.82) is 0 Å². The number of benzene rings is 9. The van der Waals surface area contributed by atoms with Gasteiger partial charge in [-0.05, 0) is 149 Å². The second kappa shape index (κ2) is 14.8. The largest absolute Gasteiger partial charge is 0.456 e. The smallest absolute Gasteiger partial charge is 0.139 e. The molecule has 1 aromatic heterocycles. The minimum atomic E-state index is -0.478. The van der Waals surface area contributed by atoms with E-state index in [1.807, 2.05) is 0 Å². The van der Waals surface area contributed by atoms with Gasteiger partial charge in [0.15, 0.2) is 0 Å². The molecule has 10 aromatic rings. The lowest BCUT2D eigenvalue weighted by Crippen LogP contribution is -2.28. The summed E-state index contributed by atoms with van der Waals surface area (Å²) in [5, 5.41) is 2.38. The normalized spacial score (nSPS) is 15.5. The SMILES string of the molecule is CC(C)(C)c1cc(C(C)(C)C)c2oc3cc4c(cc3c2c1)-c1cc(N(c2ccc(C3(c5ccccc5)c5ccccc5-c5ccccc53)cc2)c2ccc3c(c2)C(C)(C)c2ccccc2-3)ccc1C4(C)C. The van der Waals surface area contributed by atoms with Crippen molar-refractivity contribution in [3.05, 3.63) is 244 Å². The monoisotopic (exact) mass is 919 g/mol. The van der Waals surface area contributed by atoms with Crippen LogP contribution in [-0.2, 0) is 27.1 Å². The Morgan fingerprint density at radius 3 is 1.49 bits per heavy atom. The molecule has 0 saturated carbocycles. The van der Waals surface area contributed by atoms with E-state index in [4.69, 9.17) is 4.42 Å². The first kappa shape index (κ1) is 43.6. The summed E-state index contributed by atoms with van der Waals surface area (Å²) in [6.45, 7) is 23.4. The third-order valence-corrected chi connectivity index (χ3v) is 16.8. The lowest BCUT2D eigenvalue weighted by molar-refractivity contribution is 0.559. The molecule has 0 N–H and O–H groups in total. The highest BCUT2D eigenvalue weighted by molar-refractivity contribution is 6.09. The van der Waals surface area contributed by atoms with Crippen LogP contribution in [0, 0.1) is 0 Å². The molecule has 3 aliphatic rings. The average Bonchev–Trinajstić information content (AvgIpc) is 4.02. The molecule has 71 heavy (non-hydrogen) atoms. The van der Waals surface area contributed by atoms with E-state index in [1.165, 1.54) is 99.8 Å². The van der Waals surface area contributed by atoms with Crippen molar-refractivity contribution in [2.45, 2.75) is 96.3 Å². The fraction of sp³-hybridized carbons (Fsp3) is 0.217. The maximum absolute atomic E-state index is 6.96. The van der Waals surface area contributed by atoms with Gasteiger partial charge in [0.05, 0.1) is 5.41 Å². The molecule has 1 heterocycles. The van der Waals surface area contributed by atoms with Crippen molar-refractivity contribution in [3.63, 3.8) is 0 Å². The van der Waals surface area contributed by atoms with Crippen LogP contribution in [-0.4, -0.2) is 0 Å². The van der Waals surface area contributed by atoms with Gasteiger partial charge in [0.1, 0.15) is 11.2 Å². The highest BCUT2D eigenvalue weighted by Crippen LogP contribution is 2.58. The Bertz CT molecular complexity index is 3780. The van der Waals surface area contributed by atoms with Crippen molar-refractivity contribution in [2.24, 2.45) is 0 Å². The van der Waals surface area contributed by atoms with Gasteiger partial charge in [-0.3, -0.25) is 0 Å². The van der Waals surface area contributed by atoms with E-state index in [1.54, 1.807) is 0 Å². The number of fused-ring (bicyclic) bond motifs is 12. The Morgan fingerprint density at radius 2 is 0.859 bits per heavy atom. The molecule has 2 heteroatoms. The van der Waals surface area contributed by atoms with E-state index >= 15 is 0 Å². The van der Waals surface area contributed by atoms with Crippen LogP contribution in [0.3, 0.4) is 0 Å². The van der Waals surface area contributed by atoms with Crippen LogP contribution < -0.4 is 4.90 Å². The number of anilines is 3. The summed E-state index contributed by atoms with van der Waals surface area (Å²) in [5.41, 5.74) is 25.3. The fourth-order valence-corrected chi connectivity index (χ4v) is 13.1. The first-order valence-corrected chi connectivity index (χ1v) is 25.6. The second-order valence-corrected chi connectivity index (χ2v) is 23.7. The number of rotatable bonds is 5. The van der Waals surface area contributed by atoms with Gasteiger partial charge in [-0.15, -0.1) is 0 Å². The van der Waals surface area contributed by atoms with Crippen LogP contribution in [0.2, 0.25) is 0 Å². The van der Waals surface area contributed by atoms with Crippen LogP contribution >= 0.6 is 0 Å². The molecule has 0 saturated heterocycles. The Morgan fingerprint density at radius 1 is 0.366 bits per heavy atom. The molecule has 0 atom stereocenters.